The van der Waals surface area contributed by atoms with E-state index in [2.05, 4.69) is 4.40 Å². The molecule has 0 spiro atoms. The summed E-state index contributed by atoms with van der Waals surface area (Å²) in [5.41, 5.74) is 0.175. The van der Waals surface area contributed by atoms with Gasteiger partial charge in [-0.15, -0.1) is 0 Å². The Labute approximate surface area is 109 Å². The molecule has 7 heteroatoms. The number of sulfonamides is 1. The molecule has 0 saturated carbocycles. The van der Waals surface area contributed by atoms with Crippen molar-refractivity contribution in [1.29, 1.82) is 0 Å². The van der Waals surface area contributed by atoms with Gasteiger partial charge in [-0.1, -0.05) is 16.0 Å². The van der Waals surface area contributed by atoms with Crippen LogP contribution in [0.4, 0.5) is 0 Å². The molecule has 0 aromatic heterocycles. The van der Waals surface area contributed by atoms with Gasteiger partial charge in [-0.2, -0.15) is 8.42 Å². The molecule has 0 bridgehead atoms. The second kappa shape index (κ2) is 4.09. The van der Waals surface area contributed by atoms with Crippen molar-refractivity contribution in [2.75, 3.05) is 0 Å². The molecular weight excluding hydrogens is 278 g/mol. The van der Waals surface area contributed by atoms with E-state index in [1.54, 1.807) is 6.07 Å². The molecule has 0 saturated heterocycles. The van der Waals surface area contributed by atoms with Crippen LogP contribution in [0.25, 0.3) is 0 Å². The van der Waals surface area contributed by atoms with Crippen molar-refractivity contribution in [1.82, 2.24) is 0 Å². The standard InChI is InChI=1S/C11H10ClNO4S/c1-11(2)5-7-3-8(12)4-9(10(7)17-11)18(15,16)13-6-14/h3-4H,5H2,1-2H3. The Morgan fingerprint density at radius 3 is 2.72 bits per heavy atom. The van der Waals surface area contributed by atoms with Crippen LogP contribution in [0.1, 0.15) is 19.4 Å². The summed E-state index contributed by atoms with van der Waals surface area (Å²) in [5.74, 6) is 0.211. The van der Waals surface area contributed by atoms with Gasteiger partial charge >= 0.3 is 0 Å². The zero-order valence-electron chi connectivity index (χ0n) is 9.73. The highest BCUT2D eigenvalue weighted by Gasteiger charge is 2.35. The first-order valence-corrected chi connectivity index (χ1v) is 6.92. The van der Waals surface area contributed by atoms with E-state index in [0.29, 0.717) is 12.0 Å². The number of hydrogen-bond donors (Lipinski definition) is 0. The average Bonchev–Trinajstić information content (AvgIpc) is 2.50. The van der Waals surface area contributed by atoms with Gasteiger partial charge in [0.1, 0.15) is 16.2 Å². The molecule has 1 aromatic carbocycles. The average molecular weight is 288 g/mol. The van der Waals surface area contributed by atoms with Gasteiger partial charge < -0.3 is 4.74 Å². The summed E-state index contributed by atoms with van der Waals surface area (Å²) in [6.45, 7) is 3.67. The minimum Gasteiger partial charge on any atom is -0.486 e. The fraction of sp³-hybridized carbons (Fsp3) is 0.364. The maximum absolute atomic E-state index is 11.8. The predicted octanol–water partition coefficient (Wildman–Crippen LogP) is 2.08. The fourth-order valence-electron chi connectivity index (χ4n) is 1.93. The lowest BCUT2D eigenvalue weighted by Crippen LogP contribution is -2.25. The number of carbonyl (C=O) groups excluding carboxylic acids is 1. The number of halogens is 1. The van der Waals surface area contributed by atoms with Crippen LogP contribution in [0.15, 0.2) is 21.4 Å². The molecule has 0 fully saturated rings. The van der Waals surface area contributed by atoms with Crippen LogP contribution < -0.4 is 4.74 Å². The van der Waals surface area contributed by atoms with Gasteiger partial charge in [-0.25, -0.2) is 4.79 Å². The molecule has 0 N–H and O–H groups in total. The fourth-order valence-corrected chi connectivity index (χ4v) is 3.12. The summed E-state index contributed by atoms with van der Waals surface area (Å²) in [6.07, 6.45) is 1.56. The number of fused-ring (bicyclic) bond motifs is 1. The van der Waals surface area contributed by atoms with Crippen molar-refractivity contribution in [2.45, 2.75) is 30.8 Å². The first-order valence-electron chi connectivity index (χ1n) is 5.11. The molecule has 1 heterocycles. The molecule has 96 valence electrons. The van der Waals surface area contributed by atoms with Crippen molar-refractivity contribution >= 4 is 27.7 Å². The van der Waals surface area contributed by atoms with E-state index in [1.807, 2.05) is 13.8 Å². The normalized spacial score (nSPS) is 16.6. The topological polar surface area (TPSA) is 72.8 Å². The minimum atomic E-state index is -4.12. The number of benzene rings is 1. The van der Waals surface area contributed by atoms with Gasteiger partial charge in [0.25, 0.3) is 16.1 Å². The highest BCUT2D eigenvalue weighted by atomic mass is 35.5. The number of isocyanates is 1. The van der Waals surface area contributed by atoms with Gasteiger partial charge in [0.2, 0.25) is 0 Å². The van der Waals surface area contributed by atoms with E-state index in [1.165, 1.54) is 6.07 Å². The number of rotatable bonds is 2. The predicted molar refractivity (Wildman–Crippen MR) is 65.2 cm³/mol. The van der Waals surface area contributed by atoms with Crippen LogP contribution in [0.2, 0.25) is 5.02 Å². The van der Waals surface area contributed by atoms with E-state index in [0.717, 1.165) is 6.08 Å². The molecule has 1 aliphatic heterocycles. The van der Waals surface area contributed by atoms with E-state index in [9.17, 15) is 13.2 Å². The highest BCUT2D eigenvalue weighted by molar-refractivity contribution is 7.90. The largest absolute Gasteiger partial charge is 0.486 e. The zero-order chi connectivity index (χ0) is 13.6. The molecule has 0 unspecified atom stereocenters. The monoisotopic (exact) mass is 287 g/mol. The molecule has 5 nitrogen and oxygen atoms in total. The summed E-state index contributed by atoms with van der Waals surface area (Å²) >= 11 is 5.87. The third kappa shape index (κ3) is 2.27. The van der Waals surface area contributed by atoms with E-state index < -0.39 is 15.6 Å². The Morgan fingerprint density at radius 1 is 1.44 bits per heavy atom. The number of hydrogen-bond acceptors (Lipinski definition) is 4. The van der Waals surface area contributed by atoms with E-state index in [4.69, 9.17) is 16.3 Å². The smallest absolute Gasteiger partial charge is 0.296 e. The quantitative estimate of drug-likeness (QED) is 0.616. The third-order valence-corrected chi connectivity index (χ3v) is 3.92. The number of nitrogens with zero attached hydrogens (tertiary/aromatic N) is 1. The Kier molecular flexibility index (Phi) is 2.97. The second-order valence-corrected chi connectivity index (χ2v) is 6.60. The van der Waals surface area contributed by atoms with Crippen LogP contribution in [0, 0.1) is 0 Å². The Balaban J connectivity index is 2.69. The summed E-state index contributed by atoms with van der Waals surface area (Å²) in [6, 6.07) is 2.87. The molecule has 2 rings (SSSR count). The lowest BCUT2D eigenvalue weighted by Gasteiger charge is -2.17. The molecule has 0 amide bonds. The summed E-state index contributed by atoms with van der Waals surface area (Å²) in [4.78, 5) is 9.97. The second-order valence-electron chi connectivity index (χ2n) is 4.59. The van der Waals surface area contributed by atoms with Crippen molar-refractivity contribution in [2.24, 2.45) is 4.40 Å². The molecule has 1 aliphatic rings. The maximum Gasteiger partial charge on any atom is 0.296 e. The van der Waals surface area contributed by atoms with Gasteiger partial charge in [0, 0.05) is 17.0 Å². The van der Waals surface area contributed by atoms with Crippen LogP contribution in [-0.4, -0.2) is 20.1 Å². The molecule has 1 aromatic rings. The first-order chi connectivity index (χ1) is 8.25. The Bertz CT molecular complexity index is 660. The Morgan fingerprint density at radius 2 is 2.11 bits per heavy atom. The molecule has 18 heavy (non-hydrogen) atoms. The van der Waals surface area contributed by atoms with Gasteiger partial charge in [0.05, 0.1) is 0 Å². The lowest BCUT2D eigenvalue weighted by atomic mass is 10.0. The van der Waals surface area contributed by atoms with Crippen LogP contribution in [0.5, 0.6) is 5.75 Å². The SMILES string of the molecule is CC1(C)Cc2cc(Cl)cc(S(=O)(=O)N=C=O)c2O1. The highest BCUT2D eigenvalue weighted by Crippen LogP contribution is 2.41. The first kappa shape index (κ1) is 13.1. The summed E-state index contributed by atoms with van der Waals surface area (Å²) in [5, 5.41) is 0.259. The van der Waals surface area contributed by atoms with Crippen LogP contribution in [0.3, 0.4) is 0 Å². The van der Waals surface area contributed by atoms with E-state index >= 15 is 0 Å². The van der Waals surface area contributed by atoms with Crippen LogP contribution in [-0.2, 0) is 21.2 Å². The van der Waals surface area contributed by atoms with Crippen molar-refractivity contribution < 1.29 is 17.9 Å². The summed E-state index contributed by atoms with van der Waals surface area (Å²) < 4.78 is 32.0. The maximum atomic E-state index is 11.8. The minimum absolute atomic E-state index is 0.195. The van der Waals surface area contributed by atoms with Gasteiger partial charge in [-0.3, -0.25) is 0 Å². The van der Waals surface area contributed by atoms with Gasteiger partial charge in [-0.05, 0) is 26.0 Å². The Hall–Kier alpha value is -1.36. The third-order valence-electron chi connectivity index (χ3n) is 2.53. The van der Waals surface area contributed by atoms with Crippen molar-refractivity contribution in [3.8, 4) is 5.75 Å². The summed E-state index contributed by atoms with van der Waals surface area (Å²) in [7, 11) is -4.12. The molecule has 0 aliphatic carbocycles. The molecule has 0 radical (unpaired) electrons. The molecular formula is C11H10ClNO4S. The number of ether oxygens (including phenoxy) is 1. The van der Waals surface area contributed by atoms with Crippen LogP contribution >= 0.6 is 11.6 Å². The molecule has 0 atom stereocenters. The van der Waals surface area contributed by atoms with Crippen molar-refractivity contribution in [3.63, 3.8) is 0 Å². The van der Waals surface area contributed by atoms with E-state index in [-0.39, 0.29) is 15.7 Å². The lowest BCUT2D eigenvalue weighted by molar-refractivity contribution is 0.135. The van der Waals surface area contributed by atoms with Crippen molar-refractivity contribution in [3.05, 3.63) is 22.7 Å². The van der Waals surface area contributed by atoms with Gasteiger partial charge in [0.15, 0.2) is 0 Å². The zero-order valence-corrected chi connectivity index (χ0v) is 11.3.